The fourth-order valence-electron chi connectivity index (χ4n) is 2.72. The first-order valence-electron chi connectivity index (χ1n) is 6.69. The lowest BCUT2D eigenvalue weighted by atomic mass is 9.99. The lowest BCUT2D eigenvalue weighted by molar-refractivity contribution is -0.133. The molecule has 1 aromatic rings. The highest BCUT2D eigenvalue weighted by molar-refractivity contribution is 9.10. The van der Waals surface area contributed by atoms with Crippen LogP contribution in [0.4, 0.5) is 5.82 Å². The summed E-state index contributed by atoms with van der Waals surface area (Å²) in [4.78, 5) is 11.3. The Hall–Kier alpha value is -0.680. The maximum atomic E-state index is 6.10. The number of nitrogens with zero attached hydrogens (tertiary/aromatic N) is 3. The Morgan fingerprint density at radius 3 is 2.32 bits per heavy atom. The largest absolute Gasteiger partial charge is 0.366 e. The van der Waals surface area contributed by atoms with Crippen molar-refractivity contribution in [1.29, 1.82) is 0 Å². The van der Waals surface area contributed by atoms with Crippen LogP contribution >= 0.6 is 15.9 Å². The van der Waals surface area contributed by atoms with Crippen LogP contribution in [-0.4, -0.2) is 34.3 Å². The Kier molecular flexibility index (Phi) is 3.89. The van der Waals surface area contributed by atoms with E-state index in [1.54, 1.807) is 0 Å². The highest BCUT2D eigenvalue weighted by Crippen LogP contribution is 2.31. The summed E-state index contributed by atoms with van der Waals surface area (Å²) >= 11 is 3.47. The van der Waals surface area contributed by atoms with E-state index in [4.69, 9.17) is 4.74 Å². The van der Waals surface area contributed by atoms with Crippen LogP contribution in [0.2, 0.25) is 0 Å². The SMILES string of the molecule is CCc1nc(Br)cc(N2CC(C)(C)OC(C)(C)C2)n1. The van der Waals surface area contributed by atoms with Crippen LogP contribution in [0.1, 0.15) is 40.4 Å². The summed E-state index contributed by atoms with van der Waals surface area (Å²) in [5, 5.41) is 0. The van der Waals surface area contributed by atoms with Gasteiger partial charge in [-0.2, -0.15) is 0 Å². The highest BCUT2D eigenvalue weighted by Gasteiger charge is 2.38. The zero-order valence-electron chi connectivity index (χ0n) is 12.3. The van der Waals surface area contributed by atoms with Crippen LogP contribution in [0, 0.1) is 0 Å². The first-order valence-corrected chi connectivity index (χ1v) is 7.49. The summed E-state index contributed by atoms with van der Waals surface area (Å²) < 4.78 is 6.95. The van der Waals surface area contributed by atoms with E-state index in [1.807, 2.05) is 6.07 Å². The van der Waals surface area contributed by atoms with Gasteiger partial charge in [0.2, 0.25) is 0 Å². The first kappa shape index (κ1) is 14.7. The number of anilines is 1. The van der Waals surface area contributed by atoms with Gasteiger partial charge in [-0.05, 0) is 43.6 Å². The second-order valence-electron chi connectivity index (χ2n) is 6.30. The van der Waals surface area contributed by atoms with E-state index in [0.717, 1.165) is 35.8 Å². The third-order valence-corrected chi connectivity index (χ3v) is 3.47. The van der Waals surface area contributed by atoms with Crippen LogP contribution in [0.25, 0.3) is 0 Å². The molecule has 0 N–H and O–H groups in total. The van der Waals surface area contributed by atoms with Crippen LogP contribution in [0.3, 0.4) is 0 Å². The van der Waals surface area contributed by atoms with E-state index >= 15 is 0 Å². The lowest BCUT2D eigenvalue weighted by Gasteiger charge is -2.47. The molecule has 1 aliphatic rings. The van der Waals surface area contributed by atoms with Crippen molar-refractivity contribution in [3.63, 3.8) is 0 Å². The van der Waals surface area contributed by atoms with Gasteiger partial charge in [-0.1, -0.05) is 6.92 Å². The van der Waals surface area contributed by atoms with Gasteiger partial charge in [0.05, 0.1) is 11.2 Å². The number of aromatic nitrogens is 2. The minimum absolute atomic E-state index is 0.175. The maximum Gasteiger partial charge on any atom is 0.133 e. The summed E-state index contributed by atoms with van der Waals surface area (Å²) in [6, 6.07) is 1.98. The number of hydrogen-bond acceptors (Lipinski definition) is 4. The minimum atomic E-state index is -0.175. The fourth-order valence-corrected chi connectivity index (χ4v) is 3.13. The Morgan fingerprint density at radius 2 is 1.79 bits per heavy atom. The monoisotopic (exact) mass is 327 g/mol. The van der Waals surface area contributed by atoms with Crippen molar-refractivity contribution >= 4 is 21.7 Å². The molecule has 4 nitrogen and oxygen atoms in total. The van der Waals surface area contributed by atoms with Crippen LogP contribution in [0.15, 0.2) is 10.7 Å². The smallest absolute Gasteiger partial charge is 0.133 e. The average Bonchev–Trinajstić information content (AvgIpc) is 2.24. The first-order chi connectivity index (χ1) is 8.71. The van der Waals surface area contributed by atoms with Gasteiger partial charge < -0.3 is 9.64 Å². The second-order valence-corrected chi connectivity index (χ2v) is 7.11. The molecule has 0 bridgehead atoms. The lowest BCUT2D eigenvalue weighted by Crippen LogP contribution is -2.57. The topological polar surface area (TPSA) is 38.2 Å². The third kappa shape index (κ3) is 3.66. The molecule has 1 aromatic heterocycles. The van der Waals surface area contributed by atoms with Gasteiger partial charge in [0, 0.05) is 25.6 Å². The van der Waals surface area contributed by atoms with Crippen LogP contribution in [-0.2, 0) is 11.2 Å². The van der Waals surface area contributed by atoms with Gasteiger partial charge >= 0.3 is 0 Å². The third-order valence-electron chi connectivity index (χ3n) is 3.06. The molecule has 0 aromatic carbocycles. The Balaban J connectivity index is 2.33. The molecule has 0 amide bonds. The number of rotatable bonds is 2. The Labute approximate surface area is 123 Å². The van der Waals surface area contributed by atoms with E-state index in [-0.39, 0.29) is 11.2 Å². The average molecular weight is 328 g/mol. The van der Waals surface area contributed by atoms with Crippen molar-refractivity contribution in [2.75, 3.05) is 18.0 Å². The quantitative estimate of drug-likeness (QED) is 0.782. The minimum Gasteiger partial charge on any atom is -0.366 e. The Morgan fingerprint density at radius 1 is 1.21 bits per heavy atom. The predicted molar refractivity (Wildman–Crippen MR) is 80.6 cm³/mol. The maximum absolute atomic E-state index is 6.10. The number of hydrogen-bond donors (Lipinski definition) is 0. The molecule has 0 radical (unpaired) electrons. The molecule has 0 atom stereocenters. The molecule has 0 saturated carbocycles. The van der Waals surface area contributed by atoms with E-state index in [2.05, 4.69) is 65.4 Å². The van der Waals surface area contributed by atoms with Gasteiger partial charge in [-0.25, -0.2) is 9.97 Å². The van der Waals surface area contributed by atoms with Crippen LogP contribution < -0.4 is 4.90 Å². The zero-order valence-corrected chi connectivity index (χ0v) is 13.9. The molecule has 1 saturated heterocycles. The van der Waals surface area contributed by atoms with Gasteiger partial charge in [0.25, 0.3) is 0 Å². The van der Waals surface area contributed by atoms with E-state index in [0.29, 0.717) is 0 Å². The molecule has 0 aliphatic carbocycles. The predicted octanol–water partition coefficient (Wildman–Crippen LogP) is 3.20. The normalized spacial score (nSPS) is 21.5. The summed E-state index contributed by atoms with van der Waals surface area (Å²) in [7, 11) is 0. The molecule has 2 heterocycles. The number of aryl methyl sites for hydroxylation is 1. The van der Waals surface area contributed by atoms with Gasteiger partial charge in [0.15, 0.2) is 0 Å². The van der Waals surface area contributed by atoms with E-state index in [9.17, 15) is 0 Å². The highest BCUT2D eigenvalue weighted by atomic mass is 79.9. The molecule has 0 unspecified atom stereocenters. The standard InChI is InChI=1S/C14H22BrN3O/c1-6-11-16-10(15)7-12(17-11)18-8-13(2,3)19-14(4,5)9-18/h7H,6,8-9H2,1-5H3. The number of halogens is 1. The summed E-state index contributed by atoms with van der Waals surface area (Å²) in [6.07, 6.45) is 0.837. The zero-order chi connectivity index (χ0) is 14.3. The molecule has 0 spiro atoms. The Bertz CT molecular complexity index is 458. The van der Waals surface area contributed by atoms with E-state index in [1.165, 1.54) is 0 Å². The van der Waals surface area contributed by atoms with Gasteiger partial charge in [-0.15, -0.1) is 0 Å². The van der Waals surface area contributed by atoms with Crippen LogP contribution in [0.5, 0.6) is 0 Å². The van der Waals surface area contributed by atoms with Gasteiger partial charge in [0.1, 0.15) is 16.2 Å². The van der Waals surface area contributed by atoms with Crippen molar-refractivity contribution in [1.82, 2.24) is 9.97 Å². The summed E-state index contributed by atoms with van der Waals surface area (Å²) in [6.45, 7) is 12.2. The molecule has 1 fully saturated rings. The molecule has 1 aliphatic heterocycles. The molecular weight excluding hydrogens is 306 g/mol. The van der Waals surface area contributed by atoms with Gasteiger partial charge in [-0.3, -0.25) is 0 Å². The van der Waals surface area contributed by atoms with Crippen molar-refractivity contribution < 1.29 is 4.74 Å². The number of ether oxygens (including phenoxy) is 1. The van der Waals surface area contributed by atoms with Crippen molar-refractivity contribution in [2.45, 2.75) is 52.2 Å². The fraction of sp³-hybridized carbons (Fsp3) is 0.714. The van der Waals surface area contributed by atoms with E-state index < -0.39 is 0 Å². The van der Waals surface area contributed by atoms with Crippen molar-refractivity contribution in [3.05, 3.63) is 16.5 Å². The van der Waals surface area contributed by atoms with Crippen molar-refractivity contribution in [2.24, 2.45) is 0 Å². The summed E-state index contributed by atoms with van der Waals surface area (Å²) in [5.74, 6) is 1.84. The number of morpholine rings is 1. The van der Waals surface area contributed by atoms with Crippen molar-refractivity contribution in [3.8, 4) is 0 Å². The second kappa shape index (κ2) is 5.02. The molecule has 5 heteroatoms. The molecule has 19 heavy (non-hydrogen) atoms. The molecular formula is C14H22BrN3O. The summed E-state index contributed by atoms with van der Waals surface area (Å²) in [5.41, 5.74) is -0.350. The molecule has 106 valence electrons. The molecule has 2 rings (SSSR count).